The molecule has 0 bridgehead atoms. The Bertz CT molecular complexity index is 567. The van der Waals surface area contributed by atoms with Crippen LogP contribution < -0.4 is 5.63 Å². The Labute approximate surface area is 87.0 Å². The average molecular weight is 204 g/mol. The van der Waals surface area contributed by atoms with Gasteiger partial charge in [0, 0.05) is 11.5 Å². The molecule has 1 aromatic heterocycles. The van der Waals surface area contributed by atoms with Crippen molar-refractivity contribution in [3.63, 3.8) is 0 Å². The van der Waals surface area contributed by atoms with E-state index in [-0.39, 0.29) is 11.4 Å². The molecule has 1 aromatic carbocycles. The van der Waals surface area contributed by atoms with Gasteiger partial charge in [-0.25, -0.2) is 4.79 Å². The molecule has 2 aromatic rings. The topological polar surface area (TPSA) is 50.4 Å². The molecule has 0 atom stereocenters. The molecular formula is C12H12O3. The maximum Gasteiger partial charge on any atom is 0.336 e. The number of aryl methyl sites for hydroxylation is 2. The van der Waals surface area contributed by atoms with Gasteiger partial charge >= 0.3 is 5.63 Å². The Hall–Kier alpha value is -1.77. The molecule has 0 aliphatic carbocycles. The van der Waals surface area contributed by atoms with Gasteiger partial charge in [-0.15, -0.1) is 0 Å². The van der Waals surface area contributed by atoms with Crippen LogP contribution in [0.3, 0.4) is 0 Å². The Kier molecular flexibility index (Phi) is 2.23. The molecule has 3 heteroatoms. The van der Waals surface area contributed by atoms with Crippen LogP contribution in [0.25, 0.3) is 11.0 Å². The molecule has 0 saturated carbocycles. The molecule has 1 N–H and O–H groups in total. The van der Waals surface area contributed by atoms with E-state index in [1.165, 1.54) is 6.07 Å². The number of benzene rings is 1. The van der Waals surface area contributed by atoms with E-state index in [9.17, 15) is 9.90 Å². The number of aromatic hydroxyl groups is 1. The van der Waals surface area contributed by atoms with Crippen molar-refractivity contribution in [1.29, 1.82) is 0 Å². The molecule has 0 spiro atoms. The van der Waals surface area contributed by atoms with Gasteiger partial charge in [-0.1, -0.05) is 6.92 Å². The number of rotatable bonds is 1. The van der Waals surface area contributed by atoms with E-state index in [1.807, 2.05) is 13.8 Å². The number of fused-ring (bicyclic) bond motifs is 1. The maximum atomic E-state index is 11.2. The molecule has 0 aliphatic rings. The third kappa shape index (κ3) is 1.61. The fourth-order valence-corrected chi connectivity index (χ4v) is 1.68. The molecule has 0 amide bonds. The Morgan fingerprint density at radius 3 is 2.73 bits per heavy atom. The van der Waals surface area contributed by atoms with Crippen molar-refractivity contribution in [3.8, 4) is 5.75 Å². The summed E-state index contributed by atoms with van der Waals surface area (Å²) in [5.74, 6) is 0.252. The van der Waals surface area contributed by atoms with Crippen LogP contribution in [-0.4, -0.2) is 5.11 Å². The first-order valence-electron chi connectivity index (χ1n) is 4.88. The molecule has 0 saturated heterocycles. The van der Waals surface area contributed by atoms with Gasteiger partial charge < -0.3 is 9.52 Å². The molecular weight excluding hydrogens is 192 g/mol. The van der Waals surface area contributed by atoms with Crippen LogP contribution in [-0.2, 0) is 6.42 Å². The first-order valence-corrected chi connectivity index (χ1v) is 4.88. The molecule has 78 valence electrons. The number of hydrogen-bond donors (Lipinski definition) is 1. The SMILES string of the molecule is CCc1cc2oc(=O)cc(C)c2cc1O. The first-order chi connectivity index (χ1) is 7.11. The maximum absolute atomic E-state index is 11.2. The second kappa shape index (κ2) is 3.42. The summed E-state index contributed by atoms with van der Waals surface area (Å²) in [6, 6.07) is 4.79. The zero-order valence-corrected chi connectivity index (χ0v) is 8.70. The summed E-state index contributed by atoms with van der Waals surface area (Å²) < 4.78 is 5.07. The molecule has 2 rings (SSSR count). The van der Waals surface area contributed by atoms with E-state index in [4.69, 9.17) is 4.42 Å². The van der Waals surface area contributed by atoms with Crippen LogP contribution >= 0.6 is 0 Å². The lowest BCUT2D eigenvalue weighted by molar-refractivity contribution is 0.468. The predicted molar refractivity (Wildman–Crippen MR) is 58.3 cm³/mol. The van der Waals surface area contributed by atoms with Gasteiger partial charge in [0.2, 0.25) is 0 Å². The Morgan fingerprint density at radius 1 is 1.33 bits per heavy atom. The lowest BCUT2D eigenvalue weighted by atomic mass is 10.1. The van der Waals surface area contributed by atoms with Gasteiger partial charge in [0.15, 0.2) is 0 Å². The summed E-state index contributed by atoms with van der Waals surface area (Å²) >= 11 is 0. The Morgan fingerprint density at radius 2 is 2.07 bits per heavy atom. The fourth-order valence-electron chi connectivity index (χ4n) is 1.68. The van der Waals surface area contributed by atoms with Crippen molar-refractivity contribution < 1.29 is 9.52 Å². The second-order valence-corrected chi connectivity index (χ2v) is 3.58. The predicted octanol–water partition coefficient (Wildman–Crippen LogP) is 2.37. The van der Waals surface area contributed by atoms with Gasteiger partial charge in [0.05, 0.1) is 0 Å². The summed E-state index contributed by atoms with van der Waals surface area (Å²) in [5.41, 5.74) is 1.79. The van der Waals surface area contributed by atoms with Crippen LogP contribution in [0.5, 0.6) is 5.75 Å². The second-order valence-electron chi connectivity index (χ2n) is 3.58. The molecule has 3 nitrogen and oxygen atoms in total. The highest BCUT2D eigenvalue weighted by Crippen LogP contribution is 2.26. The van der Waals surface area contributed by atoms with Gasteiger partial charge in [-0.2, -0.15) is 0 Å². The van der Waals surface area contributed by atoms with E-state index in [0.717, 1.165) is 16.5 Å². The van der Waals surface area contributed by atoms with Crippen molar-refractivity contribution in [2.24, 2.45) is 0 Å². The van der Waals surface area contributed by atoms with Crippen LogP contribution in [0.15, 0.2) is 27.4 Å². The third-order valence-electron chi connectivity index (χ3n) is 2.53. The first kappa shape index (κ1) is 9.77. The van der Waals surface area contributed by atoms with Crippen LogP contribution in [0.1, 0.15) is 18.1 Å². The smallest absolute Gasteiger partial charge is 0.336 e. The highest BCUT2D eigenvalue weighted by Gasteiger charge is 2.06. The fraction of sp³-hybridized carbons (Fsp3) is 0.250. The quantitative estimate of drug-likeness (QED) is 0.725. The minimum Gasteiger partial charge on any atom is -0.508 e. The third-order valence-corrected chi connectivity index (χ3v) is 2.53. The molecule has 0 radical (unpaired) electrons. The molecule has 0 fully saturated rings. The van der Waals surface area contributed by atoms with Crippen LogP contribution in [0.4, 0.5) is 0 Å². The Balaban J connectivity index is 2.87. The van der Waals surface area contributed by atoms with E-state index in [2.05, 4.69) is 0 Å². The van der Waals surface area contributed by atoms with Crippen molar-refractivity contribution >= 4 is 11.0 Å². The highest BCUT2D eigenvalue weighted by atomic mass is 16.4. The standard InChI is InChI=1S/C12H12O3/c1-3-8-5-11-9(6-10(8)13)7(2)4-12(14)15-11/h4-6,13H,3H2,1-2H3. The van der Waals surface area contributed by atoms with Crippen molar-refractivity contribution in [1.82, 2.24) is 0 Å². The monoisotopic (exact) mass is 204 g/mol. The normalized spacial score (nSPS) is 10.8. The molecule has 0 aliphatic heterocycles. The van der Waals surface area contributed by atoms with Crippen LogP contribution in [0, 0.1) is 6.92 Å². The summed E-state index contributed by atoms with van der Waals surface area (Å²) in [4.78, 5) is 11.2. The number of phenolic OH excluding ortho intramolecular Hbond substituents is 1. The summed E-state index contributed by atoms with van der Waals surface area (Å²) in [7, 11) is 0. The van der Waals surface area contributed by atoms with Crippen molar-refractivity contribution in [2.75, 3.05) is 0 Å². The van der Waals surface area contributed by atoms with Crippen molar-refractivity contribution in [2.45, 2.75) is 20.3 Å². The number of hydrogen-bond acceptors (Lipinski definition) is 3. The van der Waals surface area contributed by atoms with E-state index >= 15 is 0 Å². The largest absolute Gasteiger partial charge is 0.508 e. The zero-order valence-electron chi connectivity index (χ0n) is 8.70. The van der Waals surface area contributed by atoms with Gasteiger partial charge in [-0.3, -0.25) is 0 Å². The molecule has 15 heavy (non-hydrogen) atoms. The van der Waals surface area contributed by atoms with E-state index in [1.54, 1.807) is 12.1 Å². The average Bonchev–Trinajstić information content (AvgIpc) is 2.18. The summed E-state index contributed by atoms with van der Waals surface area (Å²) in [6.45, 7) is 3.76. The van der Waals surface area contributed by atoms with Crippen molar-refractivity contribution in [3.05, 3.63) is 39.7 Å². The van der Waals surface area contributed by atoms with Gasteiger partial charge in [-0.05, 0) is 36.6 Å². The minimum absolute atomic E-state index is 0.252. The molecule has 1 heterocycles. The van der Waals surface area contributed by atoms with E-state index in [0.29, 0.717) is 12.0 Å². The lowest BCUT2D eigenvalue weighted by Gasteiger charge is -2.05. The molecule has 0 unspecified atom stereocenters. The van der Waals surface area contributed by atoms with Gasteiger partial charge in [0.25, 0.3) is 0 Å². The highest BCUT2D eigenvalue weighted by molar-refractivity contribution is 5.82. The van der Waals surface area contributed by atoms with Crippen LogP contribution in [0.2, 0.25) is 0 Å². The summed E-state index contributed by atoms with van der Waals surface area (Å²) in [5, 5.41) is 10.5. The number of phenols is 1. The van der Waals surface area contributed by atoms with Gasteiger partial charge in [0.1, 0.15) is 11.3 Å². The van der Waals surface area contributed by atoms with E-state index < -0.39 is 0 Å². The minimum atomic E-state index is -0.354. The summed E-state index contributed by atoms with van der Waals surface area (Å²) in [6.07, 6.45) is 0.708. The zero-order chi connectivity index (χ0) is 11.0. The lowest BCUT2D eigenvalue weighted by Crippen LogP contribution is -1.98.